The Kier molecular flexibility index (Phi) is 7.57. The summed E-state index contributed by atoms with van der Waals surface area (Å²) in [4.78, 5) is 11.3. The first-order valence-electron chi connectivity index (χ1n) is 8.11. The normalized spacial score (nSPS) is 16.9. The number of piperidine rings is 1. The first kappa shape index (κ1) is 20.0. The van der Waals surface area contributed by atoms with E-state index in [1.807, 2.05) is 6.20 Å². The average Bonchev–Trinajstić information content (AvgIpc) is 2.45. The lowest BCUT2D eigenvalue weighted by atomic mass is 9.99. The van der Waals surface area contributed by atoms with Crippen LogP contribution in [0.5, 0.6) is 0 Å². The summed E-state index contributed by atoms with van der Waals surface area (Å²) < 4.78 is 0. The number of anilines is 1. The van der Waals surface area contributed by atoms with Gasteiger partial charge in [0.1, 0.15) is 5.82 Å². The number of halogens is 1. The van der Waals surface area contributed by atoms with Crippen molar-refractivity contribution in [2.75, 3.05) is 18.0 Å². The van der Waals surface area contributed by atoms with Crippen LogP contribution in [-0.4, -0.2) is 29.6 Å². The number of guanidine groups is 1. The molecule has 2 rings (SSSR count). The van der Waals surface area contributed by atoms with Crippen molar-refractivity contribution < 1.29 is 0 Å². The van der Waals surface area contributed by atoms with E-state index in [-0.39, 0.29) is 29.5 Å². The van der Waals surface area contributed by atoms with Gasteiger partial charge >= 0.3 is 0 Å². The molecule has 1 saturated heterocycles. The molecule has 6 heteroatoms. The van der Waals surface area contributed by atoms with Crippen LogP contribution in [0.15, 0.2) is 23.3 Å². The van der Waals surface area contributed by atoms with Crippen molar-refractivity contribution in [1.29, 1.82) is 0 Å². The Morgan fingerprint density at radius 3 is 2.52 bits per heavy atom. The maximum Gasteiger partial charge on any atom is 0.189 e. The van der Waals surface area contributed by atoms with Gasteiger partial charge in [0.25, 0.3) is 0 Å². The first-order valence-corrected chi connectivity index (χ1v) is 8.11. The minimum atomic E-state index is -0.0684. The Balaban J connectivity index is 0.00000264. The van der Waals surface area contributed by atoms with E-state index in [2.05, 4.69) is 60.0 Å². The van der Waals surface area contributed by atoms with Gasteiger partial charge in [0.15, 0.2) is 5.96 Å². The highest BCUT2D eigenvalue weighted by molar-refractivity contribution is 14.0. The minimum Gasteiger partial charge on any atom is -0.370 e. The van der Waals surface area contributed by atoms with E-state index in [0.717, 1.165) is 30.4 Å². The van der Waals surface area contributed by atoms with Gasteiger partial charge in [-0.2, -0.15) is 0 Å². The van der Waals surface area contributed by atoms with Crippen molar-refractivity contribution in [1.82, 2.24) is 10.3 Å². The van der Waals surface area contributed by atoms with Gasteiger partial charge in [-0.3, -0.25) is 0 Å². The van der Waals surface area contributed by atoms with E-state index in [0.29, 0.717) is 12.5 Å². The van der Waals surface area contributed by atoms with Crippen molar-refractivity contribution >= 4 is 35.8 Å². The van der Waals surface area contributed by atoms with Crippen LogP contribution in [0.25, 0.3) is 0 Å². The second-order valence-corrected chi connectivity index (χ2v) is 7.27. The van der Waals surface area contributed by atoms with Crippen LogP contribution in [0.4, 0.5) is 5.82 Å². The highest BCUT2D eigenvalue weighted by Crippen LogP contribution is 2.21. The van der Waals surface area contributed by atoms with E-state index < -0.39 is 0 Å². The Bertz CT molecular complexity index is 499. The molecule has 0 amide bonds. The molecule has 1 aromatic heterocycles. The molecular weight excluding hydrogens is 401 g/mol. The predicted octanol–water partition coefficient (Wildman–Crippen LogP) is 3.14. The summed E-state index contributed by atoms with van der Waals surface area (Å²) in [7, 11) is 0. The SMILES string of the molecule is CC1CCN(c2ccc(CN=C(N)NC(C)(C)C)cn2)CC1.I. The fraction of sp³-hybridized carbons (Fsp3) is 0.647. The van der Waals surface area contributed by atoms with Crippen LogP contribution in [0.1, 0.15) is 46.1 Å². The van der Waals surface area contributed by atoms with Crippen LogP contribution in [-0.2, 0) is 6.54 Å². The van der Waals surface area contributed by atoms with Gasteiger partial charge in [0, 0.05) is 24.8 Å². The van der Waals surface area contributed by atoms with Crippen LogP contribution in [0.3, 0.4) is 0 Å². The number of hydrogen-bond acceptors (Lipinski definition) is 3. The third-order valence-electron chi connectivity index (χ3n) is 3.85. The number of nitrogens with one attached hydrogen (secondary N) is 1. The molecule has 0 atom stereocenters. The van der Waals surface area contributed by atoms with E-state index in [4.69, 9.17) is 5.73 Å². The van der Waals surface area contributed by atoms with Crippen molar-refractivity contribution in [2.45, 2.75) is 52.6 Å². The van der Waals surface area contributed by atoms with Crippen molar-refractivity contribution in [3.05, 3.63) is 23.9 Å². The number of rotatable bonds is 3. The molecule has 0 saturated carbocycles. The third-order valence-corrected chi connectivity index (χ3v) is 3.85. The number of nitrogens with zero attached hydrogens (tertiary/aromatic N) is 3. The quantitative estimate of drug-likeness (QED) is 0.439. The molecule has 0 unspecified atom stereocenters. The van der Waals surface area contributed by atoms with Gasteiger partial charge in [-0.25, -0.2) is 9.98 Å². The molecular formula is C17H30IN5. The van der Waals surface area contributed by atoms with Gasteiger partial charge in [-0.05, 0) is 51.2 Å². The molecule has 1 aliphatic heterocycles. The van der Waals surface area contributed by atoms with Gasteiger partial charge in [-0.15, -0.1) is 24.0 Å². The van der Waals surface area contributed by atoms with E-state index in [1.54, 1.807) is 0 Å². The molecule has 3 N–H and O–H groups in total. The maximum atomic E-state index is 5.88. The Hall–Kier alpha value is -1.05. The summed E-state index contributed by atoms with van der Waals surface area (Å²) in [6.07, 6.45) is 4.41. The lowest BCUT2D eigenvalue weighted by Crippen LogP contribution is -2.44. The number of pyridine rings is 1. The van der Waals surface area contributed by atoms with E-state index in [9.17, 15) is 0 Å². The fourth-order valence-corrected chi connectivity index (χ4v) is 2.54. The van der Waals surface area contributed by atoms with Crippen molar-refractivity contribution in [3.8, 4) is 0 Å². The Morgan fingerprint density at radius 2 is 2.00 bits per heavy atom. The summed E-state index contributed by atoms with van der Waals surface area (Å²) in [6.45, 7) is 11.3. The van der Waals surface area contributed by atoms with Gasteiger partial charge in [0.2, 0.25) is 0 Å². The molecule has 23 heavy (non-hydrogen) atoms. The topological polar surface area (TPSA) is 66.5 Å². The van der Waals surface area contributed by atoms with E-state index in [1.165, 1.54) is 12.8 Å². The summed E-state index contributed by atoms with van der Waals surface area (Å²) in [5.41, 5.74) is 6.89. The minimum absolute atomic E-state index is 0. The molecule has 130 valence electrons. The third kappa shape index (κ3) is 6.93. The largest absolute Gasteiger partial charge is 0.370 e. The predicted molar refractivity (Wildman–Crippen MR) is 108 cm³/mol. The molecule has 0 aliphatic carbocycles. The summed E-state index contributed by atoms with van der Waals surface area (Å²) >= 11 is 0. The summed E-state index contributed by atoms with van der Waals surface area (Å²) in [6, 6.07) is 4.18. The van der Waals surface area contributed by atoms with Crippen molar-refractivity contribution in [3.63, 3.8) is 0 Å². The van der Waals surface area contributed by atoms with Crippen LogP contribution in [0, 0.1) is 5.92 Å². The zero-order valence-corrected chi connectivity index (χ0v) is 17.0. The van der Waals surface area contributed by atoms with Crippen molar-refractivity contribution in [2.24, 2.45) is 16.6 Å². The second kappa shape index (κ2) is 8.70. The highest BCUT2D eigenvalue weighted by Gasteiger charge is 2.16. The molecule has 1 fully saturated rings. The highest BCUT2D eigenvalue weighted by atomic mass is 127. The molecule has 1 aromatic rings. The van der Waals surface area contributed by atoms with Crippen LogP contribution < -0.4 is 16.0 Å². The molecule has 0 aromatic carbocycles. The molecule has 5 nitrogen and oxygen atoms in total. The first-order chi connectivity index (χ1) is 10.3. The monoisotopic (exact) mass is 431 g/mol. The molecule has 1 aliphatic rings. The lowest BCUT2D eigenvalue weighted by molar-refractivity contribution is 0.436. The average molecular weight is 431 g/mol. The van der Waals surface area contributed by atoms with Gasteiger partial charge < -0.3 is 16.0 Å². The van der Waals surface area contributed by atoms with Crippen LogP contribution in [0.2, 0.25) is 0 Å². The Labute approximate surface area is 157 Å². The fourth-order valence-electron chi connectivity index (χ4n) is 2.54. The lowest BCUT2D eigenvalue weighted by Gasteiger charge is -2.31. The summed E-state index contributed by atoms with van der Waals surface area (Å²) in [5, 5.41) is 3.16. The Morgan fingerprint density at radius 1 is 1.35 bits per heavy atom. The number of aromatic nitrogens is 1. The smallest absolute Gasteiger partial charge is 0.189 e. The zero-order chi connectivity index (χ0) is 16.2. The zero-order valence-electron chi connectivity index (χ0n) is 14.7. The number of aliphatic imine (C=N–C) groups is 1. The van der Waals surface area contributed by atoms with Gasteiger partial charge in [-0.1, -0.05) is 13.0 Å². The summed E-state index contributed by atoms with van der Waals surface area (Å²) in [5.74, 6) is 2.38. The molecule has 0 spiro atoms. The molecule has 0 bridgehead atoms. The maximum absolute atomic E-state index is 5.88. The standard InChI is InChI=1S/C17H29N5.HI/c1-13-7-9-22(10-8-13)15-6-5-14(11-19-15)12-20-16(18)21-17(2,3)4;/h5-6,11,13H,7-10,12H2,1-4H3,(H3,18,20,21);1H. The molecule has 0 radical (unpaired) electrons. The number of nitrogens with two attached hydrogens (primary N) is 1. The molecule has 2 heterocycles. The second-order valence-electron chi connectivity index (χ2n) is 7.27. The number of hydrogen-bond donors (Lipinski definition) is 2. The van der Waals surface area contributed by atoms with Crippen LogP contribution >= 0.6 is 24.0 Å². The van der Waals surface area contributed by atoms with Gasteiger partial charge in [0.05, 0.1) is 6.54 Å². The van der Waals surface area contributed by atoms with E-state index >= 15 is 0 Å².